The van der Waals surface area contributed by atoms with E-state index >= 15 is 0 Å². The molecule has 2 N–H and O–H groups in total. The van der Waals surface area contributed by atoms with Crippen LogP contribution in [0.5, 0.6) is 0 Å². The SMILES string of the molecule is Cc1ccc(C)c(Nc2nc(NN=Cc3cccc(Br)c3)nc(N3CCOCC3)n2)c1. The monoisotopic (exact) mass is 481 g/mol. The molecule has 0 radical (unpaired) electrons. The third kappa shape index (κ3) is 5.77. The van der Waals surface area contributed by atoms with Gasteiger partial charge in [0.05, 0.1) is 19.4 Å². The molecule has 0 unspecified atom stereocenters. The van der Waals surface area contributed by atoms with E-state index in [0.717, 1.165) is 39.9 Å². The lowest BCUT2D eigenvalue weighted by atomic mass is 10.1. The van der Waals surface area contributed by atoms with Crippen LogP contribution in [0.25, 0.3) is 0 Å². The van der Waals surface area contributed by atoms with Crippen LogP contribution in [0.15, 0.2) is 52.0 Å². The molecule has 1 fully saturated rings. The highest BCUT2D eigenvalue weighted by molar-refractivity contribution is 9.10. The molecule has 0 amide bonds. The van der Waals surface area contributed by atoms with Gasteiger partial charge >= 0.3 is 0 Å². The highest BCUT2D eigenvalue weighted by atomic mass is 79.9. The van der Waals surface area contributed by atoms with Gasteiger partial charge in [0.1, 0.15) is 0 Å². The summed E-state index contributed by atoms with van der Waals surface area (Å²) in [5.41, 5.74) is 7.13. The third-order valence-corrected chi connectivity index (χ3v) is 5.28. The first-order valence-corrected chi connectivity index (χ1v) is 10.8. The van der Waals surface area contributed by atoms with Crippen molar-refractivity contribution >= 4 is 45.7 Å². The van der Waals surface area contributed by atoms with Crippen LogP contribution in [0.1, 0.15) is 16.7 Å². The lowest BCUT2D eigenvalue weighted by Gasteiger charge is -2.27. The fourth-order valence-electron chi connectivity index (χ4n) is 3.12. The Morgan fingerprint density at radius 3 is 2.65 bits per heavy atom. The number of hydrazone groups is 1. The lowest BCUT2D eigenvalue weighted by molar-refractivity contribution is 0.122. The van der Waals surface area contributed by atoms with Crippen molar-refractivity contribution in [1.29, 1.82) is 0 Å². The van der Waals surface area contributed by atoms with E-state index in [2.05, 4.69) is 76.7 Å². The summed E-state index contributed by atoms with van der Waals surface area (Å²) in [6.07, 6.45) is 1.72. The van der Waals surface area contributed by atoms with Crippen molar-refractivity contribution in [3.05, 3.63) is 63.6 Å². The molecular formula is C22H24BrN7O. The number of benzene rings is 2. The Bertz CT molecular complexity index is 1080. The zero-order chi connectivity index (χ0) is 21.6. The molecule has 0 bridgehead atoms. The smallest absolute Gasteiger partial charge is 0.250 e. The van der Waals surface area contributed by atoms with Crippen LogP contribution >= 0.6 is 15.9 Å². The van der Waals surface area contributed by atoms with Crippen LogP contribution in [-0.4, -0.2) is 47.5 Å². The van der Waals surface area contributed by atoms with Crippen LogP contribution in [0.4, 0.5) is 23.5 Å². The van der Waals surface area contributed by atoms with Gasteiger partial charge in [0.2, 0.25) is 17.8 Å². The molecule has 31 heavy (non-hydrogen) atoms. The molecule has 0 aliphatic carbocycles. The molecule has 1 saturated heterocycles. The molecular weight excluding hydrogens is 458 g/mol. The number of anilines is 4. The van der Waals surface area contributed by atoms with E-state index in [1.54, 1.807) is 6.21 Å². The minimum atomic E-state index is 0.371. The Hall–Kier alpha value is -3.04. The van der Waals surface area contributed by atoms with E-state index < -0.39 is 0 Å². The van der Waals surface area contributed by atoms with Gasteiger partial charge in [-0.1, -0.05) is 40.2 Å². The van der Waals surface area contributed by atoms with Crippen molar-refractivity contribution in [2.24, 2.45) is 5.10 Å². The zero-order valence-corrected chi connectivity index (χ0v) is 19.1. The number of nitrogens with one attached hydrogen (secondary N) is 2. The predicted octanol–water partition coefficient (Wildman–Crippen LogP) is 4.28. The summed E-state index contributed by atoms with van der Waals surface area (Å²) < 4.78 is 6.45. The van der Waals surface area contributed by atoms with Crippen LogP contribution in [0.3, 0.4) is 0 Å². The molecule has 4 rings (SSSR count). The predicted molar refractivity (Wildman–Crippen MR) is 127 cm³/mol. The van der Waals surface area contributed by atoms with E-state index in [9.17, 15) is 0 Å². The van der Waals surface area contributed by atoms with Crippen LogP contribution in [-0.2, 0) is 4.74 Å². The molecule has 1 aliphatic heterocycles. The summed E-state index contributed by atoms with van der Waals surface area (Å²) in [7, 11) is 0. The van der Waals surface area contributed by atoms with Gasteiger partial charge in [-0.2, -0.15) is 20.1 Å². The Kier molecular flexibility index (Phi) is 6.73. The maximum atomic E-state index is 5.46. The summed E-state index contributed by atoms with van der Waals surface area (Å²) in [4.78, 5) is 15.8. The summed E-state index contributed by atoms with van der Waals surface area (Å²) in [6.45, 7) is 6.86. The topological polar surface area (TPSA) is 87.6 Å². The van der Waals surface area contributed by atoms with Crippen molar-refractivity contribution in [2.45, 2.75) is 13.8 Å². The van der Waals surface area contributed by atoms with Gasteiger partial charge < -0.3 is 15.0 Å². The largest absolute Gasteiger partial charge is 0.378 e. The standard InChI is InChI=1S/C22H24BrN7O/c1-15-6-7-16(2)19(12-15)25-20-26-21(28-22(27-20)30-8-10-31-11-9-30)29-24-14-17-4-3-5-18(23)13-17/h3-7,12-14H,8-11H2,1-2H3,(H2,25,26,27,28,29). The minimum absolute atomic E-state index is 0.371. The van der Waals surface area contributed by atoms with E-state index in [4.69, 9.17) is 4.74 Å². The fourth-order valence-corrected chi connectivity index (χ4v) is 3.53. The van der Waals surface area contributed by atoms with Gasteiger partial charge in [0.25, 0.3) is 0 Å². The van der Waals surface area contributed by atoms with Crippen molar-refractivity contribution in [3.8, 4) is 0 Å². The number of rotatable bonds is 6. The molecule has 3 aromatic rings. The molecule has 8 nitrogen and oxygen atoms in total. The molecule has 1 aromatic heterocycles. The number of hydrogen-bond acceptors (Lipinski definition) is 8. The first-order valence-electron chi connectivity index (χ1n) is 10.0. The Morgan fingerprint density at radius 2 is 1.84 bits per heavy atom. The highest BCUT2D eigenvalue weighted by Crippen LogP contribution is 2.22. The van der Waals surface area contributed by atoms with E-state index in [-0.39, 0.29) is 0 Å². The quantitative estimate of drug-likeness (QED) is 0.401. The molecule has 2 heterocycles. The maximum Gasteiger partial charge on any atom is 0.250 e. The Labute approximate surface area is 189 Å². The van der Waals surface area contributed by atoms with Crippen LogP contribution in [0.2, 0.25) is 0 Å². The Morgan fingerprint density at radius 1 is 1.03 bits per heavy atom. The molecule has 0 atom stereocenters. The normalized spacial score (nSPS) is 14.1. The van der Waals surface area contributed by atoms with E-state index in [1.807, 2.05) is 31.2 Å². The van der Waals surface area contributed by atoms with E-state index in [0.29, 0.717) is 31.1 Å². The first kappa shape index (κ1) is 21.2. The molecule has 1 aliphatic rings. The van der Waals surface area contributed by atoms with Crippen LogP contribution < -0.4 is 15.6 Å². The minimum Gasteiger partial charge on any atom is -0.378 e. The van der Waals surface area contributed by atoms with Crippen molar-refractivity contribution in [2.75, 3.05) is 41.9 Å². The van der Waals surface area contributed by atoms with Gasteiger partial charge in [-0.3, -0.25) is 0 Å². The number of halogens is 1. The summed E-state index contributed by atoms with van der Waals surface area (Å²) in [5, 5.41) is 7.63. The Balaban J connectivity index is 1.60. The number of ether oxygens (including phenoxy) is 1. The van der Waals surface area contributed by atoms with Gasteiger partial charge in [-0.05, 0) is 48.7 Å². The molecule has 0 saturated carbocycles. The van der Waals surface area contributed by atoms with Crippen molar-refractivity contribution < 1.29 is 4.74 Å². The van der Waals surface area contributed by atoms with Crippen molar-refractivity contribution in [1.82, 2.24) is 15.0 Å². The van der Waals surface area contributed by atoms with Gasteiger partial charge in [0, 0.05) is 23.2 Å². The number of nitrogens with zero attached hydrogens (tertiary/aromatic N) is 5. The maximum absolute atomic E-state index is 5.46. The van der Waals surface area contributed by atoms with Gasteiger partial charge in [0.15, 0.2) is 0 Å². The molecule has 160 valence electrons. The zero-order valence-electron chi connectivity index (χ0n) is 17.5. The average Bonchev–Trinajstić information content (AvgIpc) is 2.77. The first-order chi connectivity index (χ1) is 15.1. The van der Waals surface area contributed by atoms with Crippen LogP contribution in [0, 0.1) is 13.8 Å². The second kappa shape index (κ2) is 9.84. The molecule has 2 aromatic carbocycles. The summed E-state index contributed by atoms with van der Waals surface area (Å²) in [5.74, 6) is 1.42. The average molecular weight is 482 g/mol. The number of aryl methyl sites for hydroxylation is 2. The molecule has 9 heteroatoms. The summed E-state index contributed by atoms with van der Waals surface area (Å²) >= 11 is 3.47. The van der Waals surface area contributed by atoms with Crippen molar-refractivity contribution in [3.63, 3.8) is 0 Å². The third-order valence-electron chi connectivity index (χ3n) is 4.78. The summed E-state index contributed by atoms with van der Waals surface area (Å²) in [6, 6.07) is 14.1. The number of morpholine rings is 1. The second-order valence-corrected chi connectivity index (χ2v) is 8.17. The number of aromatic nitrogens is 3. The molecule has 0 spiro atoms. The van der Waals surface area contributed by atoms with Gasteiger partial charge in [-0.25, -0.2) is 5.43 Å². The van der Waals surface area contributed by atoms with E-state index in [1.165, 1.54) is 0 Å². The fraction of sp³-hybridized carbons (Fsp3) is 0.273. The number of hydrogen-bond donors (Lipinski definition) is 2. The van der Waals surface area contributed by atoms with Gasteiger partial charge in [-0.15, -0.1) is 0 Å². The second-order valence-electron chi connectivity index (χ2n) is 7.25. The lowest BCUT2D eigenvalue weighted by Crippen LogP contribution is -2.37. The highest BCUT2D eigenvalue weighted by Gasteiger charge is 2.17.